The summed E-state index contributed by atoms with van der Waals surface area (Å²) in [6.07, 6.45) is 1.47. The van der Waals surface area contributed by atoms with Crippen molar-refractivity contribution in [3.05, 3.63) is 18.0 Å². The van der Waals surface area contributed by atoms with Crippen LogP contribution in [0.1, 0.15) is 40.3 Å². The monoisotopic (exact) mass is 293 g/mol. The number of carbonyl (C=O) groups is 2. The number of rotatable bonds is 3. The van der Waals surface area contributed by atoms with Gasteiger partial charge < -0.3 is 14.7 Å². The van der Waals surface area contributed by atoms with Crippen LogP contribution in [-0.2, 0) is 16.1 Å². The topological polar surface area (TPSA) is 75.4 Å². The second-order valence-corrected chi connectivity index (χ2v) is 6.95. The summed E-state index contributed by atoms with van der Waals surface area (Å²) in [4.78, 5) is 26.9. The van der Waals surface area contributed by atoms with Gasteiger partial charge in [-0.15, -0.1) is 0 Å². The first-order chi connectivity index (χ1) is 9.71. The van der Waals surface area contributed by atoms with E-state index in [0.717, 1.165) is 0 Å². The Kier molecular flexibility index (Phi) is 4.07. The third-order valence-corrected chi connectivity index (χ3v) is 3.74. The van der Waals surface area contributed by atoms with Crippen molar-refractivity contribution in [1.29, 1.82) is 0 Å². The van der Waals surface area contributed by atoms with Crippen molar-refractivity contribution >= 4 is 11.8 Å². The molecule has 1 N–H and O–H groups in total. The predicted molar refractivity (Wildman–Crippen MR) is 77.1 cm³/mol. The minimum absolute atomic E-state index is 0.0294. The SMILES string of the molecule is CC(C)C1C(=O)NC(C(C)(C)C)C(=O)N1Cc1ccon1. The number of nitrogens with one attached hydrogen (secondary N) is 1. The molecule has 0 aromatic carbocycles. The molecule has 1 aliphatic rings. The maximum Gasteiger partial charge on any atom is 0.246 e. The number of hydrogen-bond acceptors (Lipinski definition) is 4. The van der Waals surface area contributed by atoms with Crippen molar-refractivity contribution in [3.63, 3.8) is 0 Å². The van der Waals surface area contributed by atoms with Crippen molar-refractivity contribution in [1.82, 2.24) is 15.4 Å². The van der Waals surface area contributed by atoms with Crippen molar-refractivity contribution < 1.29 is 14.1 Å². The molecule has 2 heterocycles. The molecular formula is C15H23N3O3. The van der Waals surface area contributed by atoms with E-state index < -0.39 is 12.1 Å². The highest BCUT2D eigenvalue weighted by Crippen LogP contribution is 2.28. The molecule has 1 fully saturated rings. The van der Waals surface area contributed by atoms with Gasteiger partial charge in [0.2, 0.25) is 11.8 Å². The van der Waals surface area contributed by atoms with Crippen LogP contribution in [0.4, 0.5) is 0 Å². The van der Waals surface area contributed by atoms with Gasteiger partial charge in [-0.05, 0) is 11.3 Å². The van der Waals surface area contributed by atoms with Crippen LogP contribution in [0.3, 0.4) is 0 Å². The molecular weight excluding hydrogens is 270 g/mol. The number of piperazine rings is 1. The van der Waals surface area contributed by atoms with E-state index in [1.807, 2.05) is 34.6 Å². The summed E-state index contributed by atoms with van der Waals surface area (Å²) in [6, 6.07) is 0.711. The molecule has 21 heavy (non-hydrogen) atoms. The van der Waals surface area contributed by atoms with Crippen LogP contribution < -0.4 is 5.32 Å². The van der Waals surface area contributed by atoms with E-state index in [1.165, 1.54) is 6.26 Å². The average molecular weight is 293 g/mol. The van der Waals surface area contributed by atoms with Crippen molar-refractivity contribution in [3.8, 4) is 0 Å². The van der Waals surface area contributed by atoms with Crippen molar-refractivity contribution in [2.45, 2.75) is 53.2 Å². The fourth-order valence-corrected chi connectivity index (χ4v) is 2.65. The van der Waals surface area contributed by atoms with Gasteiger partial charge in [-0.2, -0.15) is 0 Å². The molecule has 1 aliphatic heterocycles. The molecule has 0 spiro atoms. The largest absolute Gasteiger partial charge is 0.364 e. The van der Waals surface area contributed by atoms with E-state index in [0.29, 0.717) is 5.69 Å². The highest BCUT2D eigenvalue weighted by atomic mass is 16.5. The Morgan fingerprint density at radius 3 is 2.52 bits per heavy atom. The van der Waals surface area contributed by atoms with Crippen LogP contribution in [0.2, 0.25) is 0 Å². The van der Waals surface area contributed by atoms with Gasteiger partial charge in [0, 0.05) is 6.07 Å². The molecule has 2 rings (SSSR count). The lowest BCUT2D eigenvalue weighted by atomic mass is 9.82. The quantitative estimate of drug-likeness (QED) is 0.918. The zero-order valence-electron chi connectivity index (χ0n) is 13.2. The number of aromatic nitrogens is 1. The standard InChI is InChI=1S/C15H23N3O3/c1-9(2)11-13(19)16-12(15(3,4)5)14(20)18(11)8-10-6-7-21-17-10/h6-7,9,11-12H,8H2,1-5H3,(H,16,19). The summed E-state index contributed by atoms with van der Waals surface area (Å²) in [5.74, 6) is -0.140. The molecule has 116 valence electrons. The second kappa shape index (κ2) is 5.50. The zero-order chi connectivity index (χ0) is 15.8. The van der Waals surface area contributed by atoms with E-state index in [9.17, 15) is 9.59 Å². The molecule has 2 unspecified atom stereocenters. The van der Waals surface area contributed by atoms with E-state index in [-0.39, 0.29) is 29.7 Å². The molecule has 2 amide bonds. The van der Waals surface area contributed by atoms with Gasteiger partial charge in [0.25, 0.3) is 0 Å². The van der Waals surface area contributed by atoms with Crippen LogP contribution in [0.25, 0.3) is 0 Å². The molecule has 1 aromatic rings. The van der Waals surface area contributed by atoms with Crippen LogP contribution in [0.15, 0.2) is 16.9 Å². The Hall–Kier alpha value is -1.85. The van der Waals surface area contributed by atoms with Gasteiger partial charge in [0.15, 0.2) is 0 Å². The Morgan fingerprint density at radius 2 is 2.05 bits per heavy atom. The minimum atomic E-state index is -0.521. The van der Waals surface area contributed by atoms with Crippen LogP contribution >= 0.6 is 0 Å². The lowest BCUT2D eigenvalue weighted by Gasteiger charge is -2.44. The maximum atomic E-state index is 12.8. The Bertz CT molecular complexity index is 517. The van der Waals surface area contributed by atoms with Crippen LogP contribution in [0.5, 0.6) is 0 Å². The van der Waals surface area contributed by atoms with Gasteiger partial charge in [-0.1, -0.05) is 39.8 Å². The van der Waals surface area contributed by atoms with Gasteiger partial charge in [0.1, 0.15) is 24.0 Å². The van der Waals surface area contributed by atoms with Gasteiger partial charge in [0.05, 0.1) is 6.54 Å². The summed E-state index contributed by atoms with van der Waals surface area (Å²) < 4.78 is 4.82. The van der Waals surface area contributed by atoms with E-state index in [1.54, 1.807) is 11.0 Å². The molecule has 0 radical (unpaired) electrons. The fraction of sp³-hybridized carbons (Fsp3) is 0.667. The Labute approximate surface area is 124 Å². The molecule has 1 aromatic heterocycles. The molecule has 6 nitrogen and oxygen atoms in total. The predicted octanol–water partition coefficient (Wildman–Crippen LogP) is 1.57. The highest BCUT2D eigenvalue weighted by molar-refractivity contribution is 5.97. The fourth-order valence-electron chi connectivity index (χ4n) is 2.65. The van der Waals surface area contributed by atoms with Crippen LogP contribution in [0, 0.1) is 11.3 Å². The van der Waals surface area contributed by atoms with Crippen LogP contribution in [-0.4, -0.2) is 34.0 Å². The summed E-state index contributed by atoms with van der Waals surface area (Å²) >= 11 is 0. The lowest BCUT2D eigenvalue weighted by Crippen LogP contribution is -2.67. The van der Waals surface area contributed by atoms with E-state index in [4.69, 9.17) is 4.52 Å². The smallest absolute Gasteiger partial charge is 0.246 e. The van der Waals surface area contributed by atoms with E-state index in [2.05, 4.69) is 10.5 Å². The normalized spacial score (nSPS) is 23.6. The first kappa shape index (κ1) is 15.5. The maximum absolute atomic E-state index is 12.8. The van der Waals surface area contributed by atoms with Gasteiger partial charge in [-0.3, -0.25) is 9.59 Å². The number of carbonyl (C=O) groups excluding carboxylic acids is 2. The minimum Gasteiger partial charge on any atom is -0.364 e. The third-order valence-electron chi connectivity index (χ3n) is 3.74. The molecule has 1 saturated heterocycles. The summed E-state index contributed by atoms with van der Waals surface area (Å²) in [7, 11) is 0. The number of hydrogen-bond donors (Lipinski definition) is 1. The third kappa shape index (κ3) is 3.09. The number of amides is 2. The van der Waals surface area contributed by atoms with E-state index >= 15 is 0 Å². The molecule has 0 bridgehead atoms. The number of nitrogens with zero attached hydrogens (tertiary/aromatic N) is 2. The molecule has 2 atom stereocenters. The lowest BCUT2D eigenvalue weighted by molar-refractivity contribution is -0.155. The Morgan fingerprint density at radius 1 is 1.38 bits per heavy atom. The van der Waals surface area contributed by atoms with Gasteiger partial charge >= 0.3 is 0 Å². The highest BCUT2D eigenvalue weighted by Gasteiger charge is 2.46. The van der Waals surface area contributed by atoms with Crippen molar-refractivity contribution in [2.24, 2.45) is 11.3 Å². The molecule has 0 saturated carbocycles. The summed E-state index contributed by atoms with van der Waals surface area (Å²) in [5, 5.41) is 6.72. The van der Waals surface area contributed by atoms with Crippen molar-refractivity contribution in [2.75, 3.05) is 0 Å². The summed E-state index contributed by atoms with van der Waals surface area (Å²) in [5.41, 5.74) is 0.313. The molecule has 6 heteroatoms. The first-order valence-electron chi connectivity index (χ1n) is 7.22. The van der Waals surface area contributed by atoms with Gasteiger partial charge in [-0.25, -0.2) is 0 Å². The second-order valence-electron chi connectivity index (χ2n) is 6.95. The average Bonchev–Trinajstić information content (AvgIpc) is 2.84. The molecule has 0 aliphatic carbocycles. The Balaban J connectivity index is 2.33. The zero-order valence-corrected chi connectivity index (χ0v) is 13.2. The first-order valence-corrected chi connectivity index (χ1v) is 7.22. The summed E-state index contributed by atoms with van der Waals surface area (Å²) in [6.45, 7) is 9.99.